The van der Waals surface area contributed by atoms with Crippen LogP contribution in [0.5, 0.6) is 0 Å². The summed E-state index contributed by atoms with van der Waals surface area (Å²) in [6.45, 7) is 0. The van der Waals surface area contributed by atoms with Crippen molar-refractivity contribution in [2.75, 3.05) is 0 Å². The quantitative estimate of drug-likeness (QED) is 0.559. The Hall–Kier alpha value is -2.44. The number of rotatable bonds is 2. The number of terminal acetylenes is 2. The first kappa shape index (κ1) is 17.3. The van der Waals surface area contributed by atoms with E-state index < -0.39 is 0 Å². The molecule has 7 aliphatic rings. The van der Waals surface area contributed by atoms with Crippen LogP contribution in [0.15, 0.2) is 48.5 Å². The molecule has 0 unspecified atom stereocenters. The second kappa shape index (κ2) is 5.62. The van der Waals surface area contributed by atoms with Gasteiger partial charge < -0.3 is 0 Å². The van der Waals surface area contributed by atoms with Crippen molar-refractivity contribution in [3.05, 3.63) is 70.8 Å². The Morgan fingerprint density at radius 1 is 0.500 bits per heavy atom. The first-order valence-corrected chi connectivity index (χ1v) is 11.8. The lowest BCUT2D eigenvalue weighted by Gasteiger charge is -2.75. The van der Waals surface area contributed by atoms with E-state index in [1.807, 2.05) is 0 Å². The lowest BCUT2D eigenvalue weighted by Crippen LogP contribution is -2.69. The Balaban J connectivity index is 1.25. The number of benzene rings is 2. The van der Waals surface area contributed by atoms with Crippen molar-refractivity contribution >= 4 is 0 Å². The van der Waals surface area contributed by atoms with Crippen molar-refractivity contribution in [1.29, 1.82) is 0 Å². The van der Waals surface area contributed by atoms with Crippen LogP contribution >= 0.6 is 0 Å². The van der Waals surface area contributed by atoms with Crippen molar-refractivity contribution in [3.63, 3.8) is 0 Å². The third-order valence-corrected chi connectivity index (χ3v) is 10.4. The van der Waals surface area contributed by atoms with Crippen LogP contribution in [0.3, 0.4) is 0 Å². The first-order valence-electron chi connectivity index (χ1n) is 11.8. The first-order chi connectivity index (χ1) is 14.6. The largest absolute Gasteiger partial charge is 0.115 e. The summed E-state index contributed by atoms with van der Waals surface area (Å²) in [7, 11) is 0. The Morgan fingerprint density at radius 2 is 0.767 bits per heavy atom. The van der Waals surface area contributed by atoms with Gasteiger partial charge in [-0.2, -0.15) is 0 Å². The van der Waals surface area contributed by atoms with Crippen LogP contribution in [-0.4, -0.2) is 0 Å². The minimum absolute atomic E-state index is 0.433. The van der Waals surface area contributed by atoms with Crippen molar-refractivity contribution < 1.29 is 0 Å². The van der Waals surface area contributed by atoms with Crippen LogP contribution in [0.2, 0.25) is 0 Å². The molecule has 2 aromatic rings. The highest BCUT2D eigenvalue weighted by Crippen LogP contribution is 2.77. The van der Waals surface area contributed by atoms with Gasteiger partial charge >= 0.3 is 0 Å². The van der Waals surface area contributed by atoms with Gasteiger partial charge in [-0.05, 0) is 120 Å². The van der Waals surface area contributed by atoms with Gasteiger partial charge in [0.2, 0.25) is 0 Å². The molecule has 0 amide bonds. The van der Waals surface area contributed by atoms with E-state index in [0.29, 0.717) is 10.8 Å². The maximum Gasteiger partial charge on any atom is 0.0242 e. The van der Waals surface area contributed by atoms with Crippen LogP contribution in [0.25, 0.3) is 0 Å². The Bertz CT molecular complexity index is 946. The Morgan fingerprint density at radius 3 is 1.00 bits per heavy atom. The average Bonchev–Trinajstić information content (AvgIpc) is 2.82. The molecule has 7 aliphatic carbocycles. The summed E-state index contributed by atoms with van der Waals surface area (Å²) in [5, 5.41) is 0. The molecule has 9 rings (SSSR count). The van der Waals surface area contributed by atoms with Gasteiger partial charge in [-0.1, -0.05) is 36.1 Å². The molecule has 0 aromatic heterocycles. The highest BCUT2D eigenvalue weighted by atomic mass is 14.7. The zero-order valence-electron chi connectivity index (χ0n) is 17.5. The van der Waals surface area contributed by atoms with E-state index in [1.54, 1.807) is 11.1 Å². The van der Waals surface area contributed by atoms with E-state index >= 15 is 0 Å². The fourth-order valence-corrected chi connectivity index (χ4v) is 9.48. The van der Waals surface area contributed by atoms with Gasteiger partial charge in [0.1, 0.15) is 0 Å². The van der Waals surface area contributed by atoms with E-state index in [0.717, 1.165) is 46.6 Å². The van der Waals surface area contributed by atoms with Gasteiger partial charge in [-0.25, -0.2) is 0 Å². The summed E-state index contributed by atoms with van der Waals surface area (Å²) in [6.07, 6.45) is 19.7. The summed E-state index contributed by atoms with van der Waals surface area (Å²) < 4.78 is 0. The van der Waals surface area contributed by atoms with Crippen molar-refractivity contribution in [3.8, 4) is 24.7 Å². The molecule has 0 saturated heterocycles. The summed E-state index contributed by atoms with van der Waals surface area (Å²) in [4.78, 5) is 0. The maximum absolute atomic E-state index is 5.61. The van der Waals surface area contributed by atoms with Crippen molar-refractivity contribution in [2.45, 2.75) is 49.4 Å². The normalized spacial score (nSPS) is 44.1. The predicted octanol–water partition coefficient (Wildman–Crippen LogP) is 5.93. The second-order valence-electron chi connectivity index (χ2n) is 11.2. The molecular weight excluding hydrogens is 360 g/mol. The van der Waals surface area contributed by atoms with Gasteiger partial charge in [0.05, 0.1) is 0 Å². The minimum atomic E-state index is 0.433. The molecule has 8 bridgehead atoms. The average molecular weight is 389 g/mol. The van der Waals surface area contributed by atoms with Crippen molar-refractivity contribution in [2.24, 2.45) is 35.5 Å². The maximum atomic E-state index is 5.61. The third-order valence-electron chi connectivity index (χ3n) is 10.4. The molecule has 7 fully saturated rings. The number of hydrogen-bond acceptors (Lipinski definition) is 0. The molecule has 0 heteroatoms. The van der Waals surface area contributed by atoms with Crippen LogP contribution in [0.4, 0.5) is 0 Å². The Kier molecular flexibility index (Phi) is 3.23. The van der Waals surface area contributed by atoms with Crippen LogP contribution in [-0.2, 0) is 10.8 Å². The highest BCUT2D eigenvalue weighted by Gasteiger charge is 2.70. The molecule has 0 radical (unpaired) electrons. The number of hydrogen-bond donors (Lipinski definition) is 0. The van der Waals surface area contributed by atoms with Crippen LogP contribution < -0.4 is 0 Å². The molecule has 148 valence electrons. The molecule has 0 heterocycles. The van der Waals surface area contributed by atoms with Gasteiger partial charge in [0.25, 0.3) is 0 Å². The second-order valence-corrected chi connectivity index (χ2v) is 11.2. The standard InChI is InChI=1S/C30H28/c1-3-19-5-9-21(10-6-19)29-13-23-26-16-30(22-11-7-20(4-2)8-12-22)17-27(23)25(15-29)28(18-30)24(26)14-29/h1-2,5-12,23-28H,13-18H2. The van der Waals surface area contributed by atoms with Gasteiger partial charge in [0, 0.05) is 11.1 Å². The SMILES string of the molecule is C#Cc1ccc(C23CC4C5CC6(c7ccc(C#C)cc7)CC4C(C2)C(C6)C5C3)cc1. The molecule has 0 aliphatic heterocycles. The molecule has 2 aromatic carbocycles. The fraction of sp³-hybridized carbons (Fsp3) is 0.467. The van der Waals surface area contributed by atoms with E-state index in [4.69, 9.17) is 12.8 Å². The summed E-state index contributed by atoms with van der Waals surface area (Å²) in [6, 6.07) is 18.1. The minimum Gasteiger partial charge on any atom is -0.115 e. The highest BCUT2D eigenvalue weighted by molar-refractivity contribution is 5.42. The molecular formula is C30H28. The zero-order chi connectivity index (χ0) is 20.1. The van der Waals surface area contributed by atoms with E-state index in [2.05, 4.69) is 60.4 Å². The van der Waals surface area contributed by atoms with Crippen molar-refractivity contribution in [1.82, 2.24) is 0 Å². The zero-order valence-corrected chi connectivity index (χ0v) is 17.5. The molecule has 0 spiro atoms. The van der Waals surface area contributed by atoms with Gasteiger partial charge in [-0.3, -0.25) is 0 Å². The summed E-state index contributed by atoms with van der Waals surface area (Å²) >= 11 is 0. The monoisotopic (exact) mass is 388 g/mol. The summed E-state index contributed by atoms with van der Waals surface area (Å²) in [5.74, 6) is 11.3. The topological polar surface area (TPSA) is 0 Å². The van der Waals surface area contributed by atoms with E-state index in [9.17, 15) is 0 Å². The predicted molar refractivity (Wildman–Crippen MR) is 121 cm³/mol. The molecule has 0 nitrogen and oxygen atoms in total. The molecule has 7 saturated carbocycles. The van der Waals surface area contributed by atoms with Gasteiger partial charge in [-0.15, -0.1) is 12.8 Å². The van der Waals surface area contributed by atoms with Crippen LogP contribution in [0, 0.1) is 60.2 Å². The molecule has 0 N–H and O–H groups in total. The van der Waals surface area contributed by atoms with Crippen LogP contribution in [0.1, 0.15) is 60.8 Å². The van der Waals surface area contributed by atoms with E-state index in [-0.39, 0.29) is 0 Å². The summed E-state index contributed by atoms with van der Waals surface area (Å²) in [5.41, 5.74) is 6.05. The lowest BCUT2D eigenvalue weighted by atomic mass is 9.29. The fourth-order valence-electron chi connectivity index (χ4n) is 9.48. The molecule has 30 heavy (non-hydrogen) atoms. The smallest absolute Gasteiger partial charge is 0.0242 e. The lowest BCUT2D eigenvalue weighted by molar-refractivity contribution is -0.221. The van der Waals surface area contributed by atoms with E-state index in [1.165, 1.54) is 38.5 Å². The Labute approximate surface area is 180 Å². The third kappa shape index (κ3) is 2.01. The van der Waals surface area contributed by atoms with Gasteiger partial charge in [0.15, 0.2) is 0 Å². The molecule has 0 atom stereocenters.